The van der Waals surface area contributed by atoms with Crippen LogP contribution >= 0.6 is 0 Å². The van der Waals surface area contributed by atoms with Crippen LogP contribution in [0.25, 0.3) is 0 Å². The van der Waals surface area contributed by atoms with Gasteiger partial charge in [0.15, 0.2) is 5.78 Å². The summed E-state index contributed by atoms with van der Waals surface area (Å²) in [4.78, 5) is 67.7. The maximum absolute atomic E-state index is 14.4. The summed E-state index contributed by atoms with van der Waals surface area (Å²) >= 11 is 0. The molecule has 3 amide bonds. The first-order valence-electron chi connectivity index (χ1n) is 14.1. The van der Waals surface area contributed by atoms with Crippen molar-refractivity contribution >= 4 is 29.2 Å². The minimum Gasteiger partial charge on any atom is -0.497 e. The SMILES string of the molecule is COc1ccc(C(=O)CN(C(=O)c2ccccc2[N+](=O)[O-])N2C(=O)[C@H]3C4c5ccccc5C(c5ccccc54)[C@@H]3C2=O)cc1. The van der Waals surface area contributed by atoms with Gasteiger partial charge in [-0.05, 0) is 52.6 Å². The van der Waals surface area contributed by atoms with Crippen LogP contribution in [0.5, 0.6) is 5.75 Å². The van der Waals surface area contributed by atoms with Gasteiger partial charge in [0.25, 0.3) is 23.4 Å². The van der Waals surface area contributed by atoms with E-state index in [1.807, 2.05) is 48.5 Å². The zero-order valence-electron chi connectivity index (χ0n) is 23.5. The number of imide groups is 1. The Bertz CT molecular complexity index is 1770. The maximum atomic E-state index is 14.4. The van der Waals surface area contributed by atoms with Gasteiger partial charge in [0, 0.05) is 23.5 Å². The topological polar surface area (TPSA) is 127 Å². The first-order valence-corrected chi connectivity index (χ1v) is 14.1. The third kappa shape index (κ3) is 3.94. The Balaban J connectivity index is 1.34. The fourth-order valence-corrected chi connectivity index (χ4v) is 7.09. The normalized spacial score (nSPS) is 20.9. The smallest absolute Gasteiger partial charge is 0.282 e. The summed E-state index contributed by atoms with van der Waals surface area (Å²) in [5.74, 6) is -4.77. The number of rotatable bonds is 7. The maximum Gasteiger partial charge on any atom is 0.282 e. The lowest BCUT2D eigenvalue weighted by Gasteiger charge is -2.45. The van der Waals surface area contributed by atoms with Crippen molar-refractivity contribution in [1.29, 1.82) is 0 Å². The van der Waals surface area contributed by atoms with Crippen LogP contribution in [0.4, 0.5) is 5.69 Å². The Morgan fingerprint density at radius 2 is 1.25 bits per heavy atom. The van der Waals surface area contributed by atoms with E-state index in [0.717, 1.165) is 38.3 Å². The van der Waals surface area contributed by atoms with Crippen molar-refractivity contribution < 1.29 is 28.8 Å². The van der Waals surface area contributed by atoms with Gasteiger partial charge in [0.2, 0.25) is 0 Å². The average Bonchev–Trinajstić information content (AvgIpc) is 3.32. The third-order valence-electron chi connectivity index (χ3n) is 8.94. The van der Waals surface area contributed by atoms with Gasteiger partial charge >= 0.3 is 0 Å². The van der Waals surface area contributed by atoms with Gasteiger partial charge in [-0.15, -0.1) is 0 Å². The molecule has 3 aliphatic carbocycles. The number of nitro benzene ring substituents is 1. The van der Waals surface area contributed by atoms with Crippen LogP contribution in [-0.2, 0) is 9.59 Å². The van der Waals surface area contributed by atoms with Crippen molar-refractivity contribution in [2.24, 2.45) is 11.8 Å². The number of hydrogen-bond acceptors (Lipinski definition) is 7. The average molecular weight is 588 g/mol. The van der Waals surface area contributed by atoms with Gasteiger partial charge in [-0.25, -0.2) is 5.01 Å². The Morgan fingerprint density at radius 1 is 0.773 bits per heavy atom. The van der Waals surface area contributed by atoms with Crippen LogP contribution in [0.2, 0.25) is 0 Å². The van der Waals surface area contributed by atoms with E-state index < -0.39 is 64.3 Å². The number of carbonyl (C=O) groups is 4. The number of ether oxygens (including phenoxy) is 1. The number of para-hydroxylation sites is 1. The first-order chi connectivity index (χ1) is 21.3. The lowest BCUT2D eigenvalue weighted by Crippen LogP contribution is -2.52. The van der Waals surface area contributed by atoms with Crippen LogP contribution in [-0.4, -0.2) is 52.1 Å². The minimum absolute atomic E-state index is 0.211. The van der Waals surface area contributed by atoms with E-state index in [4.69, 9.17) is 4.74 Å². The standard InChI is InChI=1S/C34H25N3O7/c1-44-20-16-14-19(15-17-20)27(38)18-35(32(39)25-12-6-7-13-26(25)37(42)43)36-33(40)30-28-21-8-2-3-9-22(21)29(31(30)34(36)41)24-11-5-4-10-23(24)28/h2-17,28-31H,18H2,1H3/t28?,29?,30-,31-/m0/s1. The van der Waals surface area contributed by atoms with Gasteiger partial charge in [-0.3, -0.25) is 29.3 Å². The molecule has 4 aromatic carbocycles. The molecule has 0 radical (unpaired) electrons. The van der Waals surface area contributed by atoms with Crippen LogP contribution in [0, 0.1) is 22.0 Å². The molecule has 218 valence electrons. The number of methoxy groups -OCH3 is 1. The molecule has 1 heterocycles. The molecule has 4 aromatic rings. The molecule has 1 aliphatic heterocycles. The van der Waals surface area contributed by atoms with Crippen molar-refractivity contribution in [3.8, 4) is 5.75 Å². The van der Waals surface area contributed by atoms with E-state index in [1.165, 1.54) is 37.4 Å². The zero-order chi connectivity index (χ0) is 30.7. The molecule has 0 N–H and O–H groups in total. The Labute approximate surface area is 251 Å². The summed E-state index contributed by atoms with van der Waals surface area (Å²) in [6.45, 7) is -0.691. The summed E-state index contributed by atoms with van der Waals surface area (Å²) < 4.78 is 5.17. The number of benzene rings is 4. The number of carbonyl (C=O) groups excluding carboxylic acids is 4. The van der Waals surface area contributed by atoms with Crippen molar-refractivity contribution in [3.05, 3.63) is 141 Å². The predicted octanol–water partition coefficient (Wildman–Crippen LogP) is 4.74. The number of ketones is 1. The highest BCUT2D eigenvalue weighted by Gasteiger charge is 2.63. The monoisotopic (exact) mass is 587 g/mol. The molecular weight excluding hydrogens is 562 g/mol. The van der Waals surface area contributed by atoms with Crippen LogP contribution in [0.15, 0.2) is 97.1 Å². The molecule has 0 spiro atoms. The molecule has 2 atom stereocenters. The quantitative estimate of drug-likeness (QED) is 0.132. The highest BCUT2D eigenvalue weighted by Crippen LogP contribution is 2.61. The van der Waals surface area contributed by atoms with E-state index >= 15 is 0 Å². The van der Waals surface area contributed by atoms with Crippen molar-refractivity contribution in [2.45, 2.75) is 11.8 Å². The van der Waals surface area contributed by atoms with Gasteiger partial charge in [0.05, 0.1) is 23.9 Å². The molecule has 8 rings (SSSR count). The van der Waals surface area contributed by atoms with Gasteiger partial charge < -0.3 is 4.74 Å². The second-order valence-corrected chi connectivity index (χ2v) is 11.0. The highest BCUT2D eigenvalue weighted by atomic mass is 16.6. The lowest BCUT2D eigenvalue weighted by atomic mass is 9.55. The third-order valence-corrected chi connectivity index (χ3v) is 8.94. The number of Topliss-reactive ketones (excluding diaryl/α,β-unsaturated/α-hetero) is 1. The number of nitro groups is 1. The molecule has 0 unspecified atom stereocenters. The highest BCUT2D eigenvalue weighted by molar-refractivity contribution is 6.11. The Hall–Kier alpha value is -5.64. The van der Waals surface area contributed by atoms with Crippen molar-refractivity contribution in [1.82, 2.24) is 10.0 Å². The molecule has 2 bridgehead atoms. The molecule has 4 aliphatic rings. The second-order valence-electron chi connectivity index (χ2n) is 11.0. The molecule has 0 aromatic heterocycles. The predicted molar refractivity (Wildman–Crippen MR) is 157 cm³/mol. The van der Waals surface area contributed by atoms with Gasteiger partial charge in [-0.2, -0.15) is 5.01 Å². The van der Waals surface area contributed by atoms with Crippen LogP contribution < -0.4 is 4.74 Å². The fraction of sp³-hybridized carbons (Fsp3) is 0.176. The van der Waals surface area contributed by atoms with Crippen LogP contribution in [0.1, 0.15) is 54.8 Å². The number of hydrogen-bond donors (Lipinski definition) is 0. The van der Waals surface area contributed by atoms with Crippen molar-refractivity contribution in [3.63, 3.8) is 0 Å². The summed E-state index contributed by atoms with van der Waals surface area (Å²) in [5.41, 5.74) is 3.17. The summed E-state index contributed by atoms with van der Waals surface area (Å²) in [6.07, 6.45) is 0. The molecule has 44 heavy (non-hydrogen) atoms. The molecule has 10 heteroatoms. The summed E-state index contributed by atoms with van der Waals surface area (Å²) in [5, 5.41) is 13.4. The lowest BCUT2D eigenvalue weighted by molar-refractivity contribution is -0.385. The Morgan fingerprint density at radius 3 is 1.73 bits per heavy atom. The fourth-order valence-electron chi connectivity index (χ4n) is 7.09. The second kappa shape index (κ2) is 10.3. The largest absolute Gasteiger partial charge is 0.497 e. The van der Waals surface area contributed by atoms with E-state index in [-0.39, 0.29) is 11.1 Å². The van der Waals surface area contributed by atoms with Gasteiger partial charge in [-0.1, -0.05) is 60.7 Å². The number of hydrazine groups is 1. The number of amides is 3. The molecule has 10 nitrogen and oxygen atoms in total. The van der Waals surface area contributed by atoms with Gasteiger partial charge in [0.1, 0.15) is 17.9 Å². The molecular formula is C34H25N3O7. The molecule has 1 fully saturated rings. The van der Waals surface area contributed by atoms with Crippen LogP contribution in [0.3, 0.4) is 0 Å². The summed E-state index contributed by atoms with van der Waals surface area (Å²) in [7, 11) is 1.48. The zero-order valence-corrected chi connectivity index (χ0v) is 23.5. The molecule has 0 saturated carbocycles. The minimum atomic E-state index is -0.998. The number of nitrogens with zero attached hydrogens (tertiary/aromatic N) is 3. The Kier molecular flexibility index (Phi) is 6.35. The first kappa shape index (κ1) is 27.2. The van der Waals surface area contributed by atoms with Crippen molar-refractivity contribution in [2.75, 3.05) is 13.7 Å². The molecule has 1 saturated heterocycles. The summed E-state index contributed by atoms with van der Waals surface area (Å²) in [6, 6.07) is 26.9. The van der Waals surface area contributed by atoms with E-state index in [1.54, 1.807) is 12.1 Å². The van der Waals surface area contributed by atoms with E-state index in [9.17, 15) is 29.3 Å². The van der Waals surface area contributed by atoms with E-state index in [0.29, 0.717) is 5.75 Å². The van der Waals surface area contributed by atoms with E-state index in [2.05, 4.69) is 0 Å².